The average Bonchev–Trinajstić information content (AvgIpc) is 3.24. The Balaban J connectivity index is 0.000000472. The largest absolute Gasteiger partial charge is 0.314 e. The van der Waals surface area contributed by atoms with Gasteiger partial charge in [0.1, 0.15) is 0 Å². The fraction of sp³-hybridized carbons (Fsp3) is 0.0417. The summed E-state index contributed by atoms with van der Waals surface area (Å²) in [5.74, 6) is 0. The van der Waals surface area contributed by atoms with Gasteiger partial charge in [0.15, 0.2) is 0 Å². The van der Waals surface area contributed by atoms with Crippen molar-refractivity contribution in [2.45, 2.75) is 6.42 Å². The fourth-order valence-electron chi connectivity index (χ4n) is 1.89. The first kappa shape index (κ1) is 23.9. The fourth-order valence-corrected chi connectivity index (χ4v) is 1.89. The Bertz CT molecular complexity index is 755. The number of hydrogen-bond donors (Lipinski definition) is 0. The van der Waals surface area contributed by atoms with Crippen LogP contribution >= 0.6 is 12.4 Å². The summed E-state index contributed by atoms with van der Waals surface area (Å²) in [5, 5.41) is 0. The summed E-state index contributed by atoms with van der Waals surface area (Å²) in [6, 6.07) is 20.9. The van der Waals surface area contributed by atoms with Crippen molar-refractivity contribution in [1.82, 2.24) is 9.55 Å². The molecule has 2 aromatic carbocycles. The second-order valence-corrected chi connectivity index (χ2v) is 5.17. The zero-order chi connectivity index (χ0) is 18.9. The number of allylic oxidation sites excluding steroid dienone is 3. The second-order valence-electron chi connectivity index (χ2n) is 5.17. The van der Waals surface area contributed by atoms with E-state index in [2.05, 4.69) is 85.4 Å². The van der Waals surface area contributed by atoms with Crippen molar-refractivity contribution in [3.8, 4) is 0 Å². The summed E-state index contributed by atoms with van der Waals surface area (Å²) in [6.07, 6.45) is 15.5. The minimum atomic E-state index is 0. The maximum absolute atomic E-state index is 3.78. The molecule has 0 spiro atoms. The molecule has 0 amide bonds. The summed E-state index contributed by atoms with van der Waals surface area (Å²) in [6.45, 7) is 10.2. The highest BCUT2D eigenvalue weighted by Crippen LogP contribution is 2.04. The van der Waals surface area contributed by atoms with Gasteiger partial charge in [-0.25, -0.2) is 4.98 Å². The molecule has 1 aromatic heterocycles. The summed E-state index contributed by atoms with van der Waals surface area (Å²) >= 11 is 0. The van der Waals surface area contributed by atoms with Gasteiger partial charge in [0.25, 0.3) is 0 Å². The van der Waals surface area contributed by atoms with E-state index in [9.17, 15) is 0 Å². The Morgan fingerprint density at radius 3 is 1.89 bits per heavy atom. The zero-order valence-electron chi connectivity index (χ0n) is 15.5. The molecule has 3 rings (SSSR count). The molecule has 0 fully saturated rings. The highest BCUT2D eigenvalue weighted by atomic mass is 35.5. The van der Waals surface area contributed by atoms with Gasteiger partial charge in [0, 0.05) is 18.6 Å². The first-order valence-electron chi connectivity index (χ1n) is 8.39. The first-order valence-corrected chi connectivity index (χ1v) is 8.39. The number of benzene rings is 2. The van der Waals surface area contributed by atoms with Gasteiger partial charge in [0.2, 0.25) is 0 Å². The number of imidazole rings is 1. The summed E-state index contributed by atoms with van der Waals surface area (Å²) in [5.41, 5.74) is 2.61. The molecule has 140 valence electrons. The predicted molar refractivity (Wildman–Crippen MR) is 122 cm³/mol. The van der Waals surface area contributed by atoms with Crippen molar-refractivity contribution in [1.29, 1.82) is 0 Å². The van der Waals surface area contributed by atoms with Crippen LogP contribution in [0, 0.1) is 0 Å². The van der Waals surface area contributed by atoms with Crippen LogP contribution < -0.4 is 0 Å². The summed E-state index contributed by atoms with van der Waals surface area (Å²) < 4.78 is 1.78. The lowest BCUT2D eigenvalue weighted by Crippen LogP contribution is -1.78. The highest BCUT2D eigenvalue weighted by Gasteiger charge is 1.86. The van der Waals surface area contributed by atoms with Gasteiger partial charge in [-0.15, -0.1) is 12.4 Å². The molecule has 0 aliphatic rings. The number of aromatic nitrogens is 2. The Labute approximate surface area is 169 Å². The van der Waals surface area contributed by atoms with E-state index in [-0.39, 0.29) is 12.4 Å². The standard InChI is InChI=1S/C15H14.C5H6N2.C4H6.ClH/c1-3-8-14(9-4-1)12-7-13-15-10-5-2-6-11-15;1-2-7-4-3-6-5-7;1-3-4-2;/h1-12H,13H2;2-5H,1H2;3-4H,1-2H2;1H. The molecule has 0 aliphatic heterocycles. The predicted octanol–water partition coefficient (Wildman–Crippen LogP) is 6.71. The quantitative estimate of drug-likeness (QED) is 0.451. The van der Waals surface area contributed by atoms with Crippen molar-refractivity contribution >= 4 is 24.7 Å². The van der Waals surface area contributed by atoms with Gasteiger partial charge >= 0.3 is 0 Å². The van der Waals surface area contributed by atoms with E-state index in [1.165, 1.54) is 11.1 Å². The average molecular weight is 379 g/mol. The smallest absolute Gasteiger partial charge is 0.0986 e. The van der Waals surface area contributed by atoms with Crippen LogP contribution in [0.25, 0.3) is 12.3 Å². The third kappa shape index (κ3) is 12.0. The van der Waals surface area contributed by atoms with E-state index in [4.69, 9.17) is 0 Å². The lowest BCUT2D eigenvalue weighted by atomic mass is 10.1. The number of halogens is 1. The summed E-state index contributed by atoms with van der Waals surface area (Å²) in [4.78, 5) is 3.78. The second kappa shape index (κ2) is 16.4. The Morgan fingerprint density at radius 2 is 1.44 bits per heavy atom. The molecule has 0 unspecified atom stereocenters. The van der Waals surface area contributed by atoms with E-state index in [0.29, 0.717) is 0 Å². The summed E-state index contributed by atoms with van der Waals surface area (Å²) in [7, 11) is 0. The molecule has 0 saturated carbocycles. The van der Waals surface area contributed by atoms with Crippen LogP contribution in [0.2, 0.25) is 0 Å². The lowest BCUT2D eigenvalue weighted by molar-refractivity contribution is 1.14. The number of nitrogens with zero attached hydrogens (tertiary/aromatic N) is 2. The van der Waals surface area contributed by atoms with Gasteiger partial charge in [-0.3, -0.25) is 0 Å². The van der Waals surface area contributed by atoms with E-state index in [1.807, 2.05) is 18.3 Å². The lowest BCUT2D eigenvalue weighted by Gasteiger charge is -1.94. The molecule has 3 heteroatoms. The molecule has 0 N–H and O–H groups in total. The topological polar surface area (TPSA) is 17.8 Å². The van der Waals surface area contributed by atoms with Crippen molar-refractivity contribution in [3.63, 3.8) is 0 Å². The van der Waals surface area contributed by atoms with Crippen molar-refractivity contribution in [2.75, 3.05) is 0 Å². The molecule has 2 nitrogen and oxygen atoms in total. The molecule has 0 bridgehead atoms. The molecular weight excluding hydrogens is 352 g/mol. The van der Waals surface area contributed by atoms with Gasteiger partial charge in [-0.2, -0.15) is 0 Å². The van der Waals surface area contributed by atoms with Crippen LogP contribution in [-0.4, -0.2) is 9.55 Å². The third-order valence-corrected chi connectivity index (χ3v) is 3.21. The molecule has 27 heavy (non-hydrogen) atoms. The molecule has 0 radical (unpaired) electrons. The third-order valence-electron chi connectivity index (χ3n) is 3.21. The van der Waals surface area contributed by atoms with E-state index in [0.717, 1.165) is 6.42 Å². The van der Waals surface area contributed by atoms with Crippen molar-refractivity contribution in [2.24, 2.45) is 0 Å². The van der Waals surface area contributed by atoms with Crippen molar-refractivity contribution < 1.29 is 0 Å². The molecule has 0 atom stereocenters. The van der Waals surface area contributed by atoms with E-state index < -0.39 is 0 Å². The SMILES string of the molecule is C(=Cc1ccccc1)Cc1ccccc1.C=CC=C.C=Cn1ccnc1.Cl. The zero-order valence-corrected chi connectivity index (χ0v) is 16.3. The van der Waals surface area contributed by atoms with Crippen LogP contribution in [0.5, 0.6) is 0 Å². The van der Waals surface area contributed by atoms with Gasteiger partial charge in [-0.1, -0.05) is 105 Å². The van der Waals surface area contributed by atoms with E-state index >= 15 is 0 Å². The maximum atomic E-state index is 3.78. The first-order chi connectivity index (χ1) is 12.8. The molecule has 3 aromatic rings. The van der Waals surface area contributed by atoms with Crippen molar-refractivity contribution in [3.05, 3.63) is 128 Å². The molecular formula is C24H27ClN2. The van der Waals surface area contributed by atoms with Crippen LogP contribution in [0.1, 0.15) is 11.1 Å². The van der Waals surface area contributed by atoms with Crippen LogP contribution in [-0.2, 0) is 6.42 Å². The Hall–Kier alpha value is -3.10. The van der Waals surface area contributed by atoms with Gasteiger partial charge in [-0.05, 0) is 17.5 Å². The minimum absolute atomic E-state index is 0. The van der Waals surface area contributed by atoms with Crippen LogP contribution in [0.4, 0.5) is 0 Å². The Kier molecular flexibility index (Phi) is 14.5. The molecule has 0 saturated heterocycles. The molecule has 0 aliphatic carbocycles. The number of hydrogen-bond acceptors (Lipinski definition) is 1. The normalized spacial score (nSPS) is 8.89. The maximum Gasteiger partial charge on any atom is 0.0986 e. The minimum Gasteiger partial charge on any atom is -0.314 e. The Morgan fingerprint density at radius 1 is 0.852 bits per heavy atom. The highest BCUT2D eigenvalue weighted by molar-refractivity contribution is 5.85. The van der Waals surface area contributed by atoms with E-state index in [1.54, 1.807) is 35.4 Å². The van der Waals surface area contributed by atoms with Gasteiger partial charge in [0.05, 0.1) is 6.33 Å². The number of rotatable bonds is 5. The van der Waals surface area contributed by atoms with Crippen LogP contribution in [0.15, 0.2) is 117 Å². The molecule has 1 heterocycles. The monoisotopic (exact) mass is 378 g/mol. The van der Waals surface area contributed by atoms with Gasteiger partial charge < -0.3 is 4.57 Å². The van der Waals surface area contributed by atoms with Crippen LogP contribution in [0.3, 0.4) is 0 Å².